The molecular formula is C24H30N6O. The number of aromatic nitrogens is 2. The van der Waals surface area contributed by atoms with Gasteiger partial charge in [0.25, 0.3) is 0 Å². The molecule has 162 valence electrons. The van der Waals surface area contributed by atoms with Crippen molar-refractivity contribution in [1.82, 2.24) is 20.2 Å². The third-order valence-electron chi connectivity index (χ3n) is 5.70. The van der Waals surface area contributed by atoms with Crippen LogP contribution >= 0.6 is 0 Å². The van der Waals surface area contributed by atoms with E-state index in [0.717, 1.165) is 61.0 Å². The fourth-order valence-electron chi connectivity index (χ4n) is 4.04. The molecule has 2 N–H and O–H groups in total. The number of aryl methyl sites for hydroxylation is 2. The van der Waals surface area contributed by atoms with Gasteiger partial charge < -0.3 is 20.1 Å². The van der Waals surface area contributed by atoms with E-state index < -0.39 is 0 Å². The molecule has 2 aromatic carbocycles. The van der Waals surface area contributed by atoms with Gasteiger partial charge in [-0.05, 0) is 49.6 Å². The fourth-order valence-corrected chi connectivity index (χ4v) is 4.04. The molecule has 7 nitrogen and oxygen atoms in total. The SMILES string of the molecule is CN=C(NCCCn1c(C)nc2ccccc21)NCc1ccc(N2CCCC2=O)cc1. The average molecular weight is 419 g/mol. The van der Waals surface area contributed by atoms with Gasteiger partial charge >= 0.3 is 0 Å². The highest BCUT2D eigenvalue weighted by molar-refractivity contribution is 5.95. The van der Waals surface area contributed by atoms with E-state index in [1.807, 2.05) is 23.1 Å². The quantitative estimate of drug-likeness (QED) is 0.351. The number of nitrogens with one attached hydrogen (secondary N) is 2. The Balaban J connectivity index is 1.23. The van der Waals surface area contributed by atoms with E-state index in [0.29, 0.717) is 13.0 Å². The minimum absolute atomic E-state index is 0.217. The smallest absolute Gasteiger partial charge is 0.227 e. The first kappa shape index (κ1) is 20.9. The van der Waals surface area contributed by atoms with E-state index in [4.69, 9.17) is 0 Å². The van der Waals surface area contributed by atoms with Crippen LogP contribution in [0.25, 0.3) is 11.0 Å². The van der Waals surface area contributed by atoms with Gasteiger partial charge in [-0.15, -0.1) is 0 Å². The molecule has 1 saturated heterocycles. The number of nitrogens with zero attached hydrogens (tertiary/aromatic N) is 4. The first-order valence-corrected chi connectivity index (χ1v) is 10.9. The van der Waals surface area contributed by atoms with Crippen LogP contribution in [0.2, 0.25) is 0 Å². The largest absolute Gasteiger partial charge is 0.356 e. The lowest BCUT2D eigenvalue weighted by Crippen LogP contribution is -2.37. The van der Waals surface area contributed by atoms with Gasteiger partial charge in [-0.2, -0.15) is 0 Å². The summed E-state index contributed by atoms with van der Waals surface area (Å²) in [5.74, 6) is 2.04. The molecule has 3 aromatic rings. The second-order valence-corrected chi connectivity index (χ2v) is 7.82. The second kappa shape index (κ2) is 9.64. The highest BCUT2D eigenvalue weighted by Crippen LogP contribution is 2.21. The highest BCUT2D eigenvalue weighted by atomic mass is 16.2. The van der Waals surface area contributed by atoms with Crippen LogP contribution < -0.4 is 15.5 Å². The number of aliphatic imine (C=N–C) groups is 1. The predicted octanol–water partition coefficient (Wildman–Crippen LogP) is 3.23. The molecule has 0 atom stereocenters. The van der Waals surface area contributed by atoms with Gasteiger partial charge in [0.2, 0.25) is 5.91 Å². The lowest BCUT2D eigenvalue weighted by molar-refractivity contribution is -0.117. The van der Waals surface area contributed by atoms with Gasteiger partial charge in [-0.1, -0.05) is 24.3 Å². The van der Waals surface area contributed by atoms with Crippen molar-refractivity contribution in [3.8, 4) is 0 Å². The molecule has 0 saturated carbocycles. The Morgan fingerprint density at radius 2 is 1.94 bits per heavy atom. The Labute approximate surface area is 183 Å². The van der Waals surface area contributed by atoms with Crippen LogP contribution in [0, 0.1) is 6.92 Å². The first-order valence-electron chi connectivity index (χ1n) is 10.9. The molecule has 31 heavy (non-hydrogen) atoms. The summed E-state index contributed by atoms with van der Waals surface area (Å²) in [6, 6.07) is 16.4. The van der Waals surface area contributed by atoms with Crippen molar-refractivity contribution in [3.63, 3.8) is 0 Å². The van der Waals surface area contributed by atoms with Crippen molar-refractivity contribution in [2.75, 3.05) is 25.0 Å². The summed E-state index contributed by atoms with van der Waals surface area (Å²) in [7, 11) is 1.78. The Bertz CT molecular complexity index is 1070. The Hall–Kier alpha value is -3.35. The number of benzene rings is 2. The molecule has 1 fully saturated rings. The number of hydrogen-bond acceptors (Lipinski definition) is 3. The number of rotatable bonds is 7. The Kier molecular flexibility index (Phi) is 6.50. The summed E-state index contributed by atoms with van der Waals surface area (Å²) < 4.78 is 2.26. The number of fused-ring (bicyclic) bond motifs is 1. The number of amides is 1. The zero-order chi connectivity index (χ0) is 21.6. The number of imidazole rings is 1. The number of carbonyl (C=O) groups is 1. The molecule has 1 aliphatic rings. The van der Waals surface area contributed by atoms with Crippen molar-refractivity contribution in [2.45, 2.75) is 39.3 Å². The molecule has 0 aliphatic carbocycles. The van der Waals surface area contributed by atoms with Crippen molar-refractivity contribution in [1.29, 1.82) is 0 Å². The second-order valence-electron chi connectivity index (χ2n) is 7.82. The van der Waals surface area contributed by atoms with Crippen LogP contribution in [0.5, 0.6) is 0 Å². The molecule has 0 unspecified atom stereocenters. The summed E-state index contributed by atoms with van der Waals surface area (Å²) in [6.07, 6.45) is 2.57. The highest BCUT2D eigenvalue weighted by Gasteiger charge is 2.21. The molecule has 0 spiro atoms. The zero-order valence-electron chi connectivity index (χ0n) is 18.3. The lowest BCUT2D eigenvalue weighted by atomic mass is 10.2. The first-order chi connectivity index (χ1) is 15.2. The number of para-hydroxylation sites is 2. The molecule has 0 radical (unpaired) electrons. The van der Waals surface area contributed by atoms with E-state index in [9.17, 15) is 4.79 Å². The minimum Gasteiger partial charge on any atom is -0.356 e. The third kappa shape index (κ3) is 4.87. The number of guanidine groups is 1. The normalized spacial score (nSPS) is 14.5. The maximum Gasteiger partial charge on any atom is 0.227 e. The summed E-state index contributed by atoms with van der Waals surface area (Å²) >= 11 is 0. The molecule has 7 heteroatoms. The standard InChI is InChI=1S/C24H30N6O/c1-18-28-21-7-3-4-8-22(21)29(18)16-6-14-26-24(25-2)27-17-19-10-12-20(13-11-19)30-15-5-9-23(30)31/h3-4,7-8,10-13H,5-6,9,14-17H2,1-2H3,(H2,25,26,27). The summed E-state index contributed by atoms with van der Waals surface area (Å²) in [5.41, 5.74) is 4.36. The summed E-state index contributed by atoms with van der Waals surface area (Å²) in [4.78, 5) is 22.7. The van der Waals surface area contributed by atoms with E-state index in [2.05, 4.69) is 62.4 Å². The van der Waals surface area contributed by atoms with Crippen LogP contribution in [0.4, 0.5) is 5.69 Å². The average Bonchev–Trinajstić information content (AvgIpc) is 3.36. The van der Waals surface area contributed by atoms with Gasteiger partial charge in [0.15, 0.2) is 5.96 Å². The molecule has 4 rings (SSSR count). The van der Waals surface area contributed by atoms with Crippen molar-refractivity contribution in [3.05, 3.63) is 59.9 Å². The number of hydrogen-bond donors (Lipinski definition) is 2. The summed E-state index contributed by atoms with van der Waals surface area (Å²) in [5, 5.41) is 6.74. The van der Waals surface area contributed by atoms with Crippen molar-refractivity contribution < 1.29 is 4.79 Å². The Morgan fingerprint density at radius 3 is 2.68 bits per heavy atom. The fraction of sp³-hybridized carbons (Fsp3) is 0.375. The van der Waals surface area contributed by atoms with E-state index >= 15 is 0 Å². The van der Waals surface area contributed by atoms with Crippen LogP contribution in [-0.2, 0) is 17.9 Å². The molecular weight excluding hydrogens is 388 g/mol. The van der Waals surface area contributed by atoms with Gasteiger partial charge in [-0.3, -0.25) is 9.79 Å². The lowest BCUT2D eigenvalue weighted by Gasteiger charge is -2.16. The third-order valence-corrected chi connectivity index (χ3v) is 5.70. The molecule has 1 aliphatic heterocycles. The van der Waals surface area contributed by atoms with E-state index in [1.54, 1.807) is 7.05 Å². The van der Waals surface area contributed by atoms with Gasteiger partial charge in [-0.25, -0.2) is 4.98 Å². The van der Waals surface area contributed by atoms with Gasteiger partial charge in [0.05, 0.1) is 11.0 Å². The van der Waals surface area contributed by atoms with Gasteiger partial charge in [0.1, 0.15) is 5.82 Å². The van der Waals surface area contributed by atoms with E-state index in [1.165, 1.54) is 5.52 Å². The minimum atomic E-state index is 0.217. The van der Waals surface area contributed by atoms with Crippen molar-refractivity contribution in [2.24, 2.45) is 4.99 Å². The predicted molar refractivity (Wildman–Crippen MR) is 125 cm³/mol. The molecule has 2 heterocycles. The maximum absolute atomic E-state index is 11.9. The molecule has 0 bridgehead atoms. The molecule has 1 aromatic heterocycles. The van der Waals surface area contributed by atoms with E-state index in [-0.39, 0.29) is 5.91 Å². The molecule has 1 amide bonds. The van der Waals surface area contributed by atoms with Crippen LogP contribution in [0.3, 0.4) is 0 Å². The zero-order valence-corrected chi connectivity index (χ0v) is 18.3. The number of anilines is 1. The topological polar surface area (TPSA) is 74.6 Å². The van der Waals surface area contributed by atoms with Crippen LogP contribution in [-0.4, -0.2) is 41.6 Å². The maximum atomic E-state index is 11.9. The summed E-state index contributed by atoms with van der Waals surface area (Å²) in [6.45, 7) is 5.29. The van der Waals surface area contributed by atoms with Gasteiger partial charge in [0, 0.05) is 45.3 Å². The van der Waals surface area contributed by atoms with Crippen molar-refractivity contribution >= 4 is 28.6 Å². The Morgan fingerprint density at radius 1 is 1.13 bits per heavy atom. The monoisotopic (exact) mass is 418 g/mol. The van der Waals surface area contributed by atoms with Crippen LogP contribution in [0.15, 0.2) is 53.5 Å². The number of carbonyl (C=O) groups excluding carboxylic acids is 1. The van der Waals surface area contributed by atoms with Crippen LogP contribution in [0.1, 0.15) is 30.7 Å².